The van der Waals surface area contributed by atoms with Crippen LogP contribution >= 0.6 is 0 Å². The van der Waals surface area contributed by atoms with Gasteiger partial charge in [0.25, 0.3) is 0 Å². The lowest BCUT2D eigenvalue weighted by Gasteiger charge is -1.95. The quantitative estimate of drug-likeness (QED) is 0.123. The van der Waals surface area contributed by atoms with Gasteiger partial charge in [-0.2, -0.15) is 0 Å². The summed E-state index contributed by atoms with van der Waals surface area (Å²) < 4.78 is 0. The number of hydrogen-bond acceptors (Lipinski definition) is 8. The predicted molar refractivity (Wildman–Crippen MR) is 196 cm³/mol. The first-order valence-electron chi connectivity index (χ1n) is 15.2. The van der Waals surface area contributed by atoms with Crippen LogP contribution in [0.5, 0.6) is 0 Å². The van der Waals surface area contributed by atoms with E-state index in [2.05, 4.69) is 44.2 Å². The Hall–Kier alpha value is -7.60. The van der Waals surface area contributed by atoms with Gasteiger partial charge in [-0.3, -0.25) is 19.9 Å². The zero-order chi connectivity index (χ0) is 37.6. The largest absolute Gasteiger partial charge is 0.478 e. The standard InChI is InChI=1S/2C12H10N2.2C8H6O4/c2*1(11-3-7-13-8-4-11)2-12-5-9-14-10-6-12;2*9-7(10)5-2-1-3-6(4-5)8(11)12/h2*1-10H;2*1-4H,(H,9,10)(H,11,12)/b2*2-1+;;. The molecular weight excluding hydrogens is 664 g/mol. The summed E-state index contributed by atoms with van der Waals surface area (Å²) >= 11 is 0. The van der Waals surface area contributed by atoms with Crippen molar-refractivity contribution in [1.29, 1.82) is 0 Å². The summed E-state index contributed by atoms with van der Waals surface area (Å²) in [6.07, 6.45) is 22.5. The second-order valence-corrected chi connectivity index (χ2v) is 10.2. The highest BCUT2D eigenvalue weighted by Gasteiger charge is 2.07. The maximum Gasteiger partial charge on any atom is 0.335 e. The molecule has 0 saturated heterocycles. The van der Waals surface area contributed by atoms with Crippen LogP contribution in [0.15, 0.2) is 147 Å². The molecule has 0 bridgehead atoms. The van der Waals surface area contributed by atoms with E-state index in [1.165, 1.54) is 36.4 Å². The van der Waals surface area contributed by atoms with Crippen LogP contribution in [0.1, 0.15) is 63.7 Å². The molecule has 0 aliphatic rings. The average molecular weight is 697 g/mol. The molecule has 4 heterocycles. The monoisotopic (exact) mass is 696 g/mol. The average Bonchev–Trinajstić information content (AvgIpc) is 3.19. The first kappa shape index (κ1) is 38.8. The van der Waals surface area contributed by atoms with Gasteiger partial charge in [-0.1, -0.05) is 36.4 Å². The Morgan fingerprint density at radius 3 is 0.712 bits per heavy atom. The molecule has 0 amide bonds. The third-order valence-corrected chi connectivity index (χ3v) is 6.47. The van der Waals surface area contributed by atoms with Gasteiger partial charge in [0.05, 0.1) is 22.3 Å². The van der Waals surface area contributed by atoms with Gasteiger partial charge in [0.1, 0.15) is 0 Å². The molecule has 52 heavy (non-hydrogen) atoms. The fraction of sp³-hybridized carbons (Fsp3) is 0. The van der Waals surface area contributed by atoms with Crippen molar-refractivity contribution < 1.29 is 39.6 Å². The van der Waals surface area contributed by atoms with Gasteiger partial charge in [-0.05, 0) is 107 Å². The highest BCUT2D eigenvalue weighted by Crippen LogP contribution is 2.08. The van der Waals surface area contributed by atoms with Gasteiger partial charge in [0.15, 0.2) is 0 Å². The molecule has 0 aliphatic carbocycles. The van der Waals surface area contributed by atoms with Gasteiger partial charge in [-0.15, -0.1) is 0 Å². The minimum atomic E-state index is -1.13. The molecular formula is C40H32N4O8. The third-order valence-electron chi connectivity index (χ3n) is 6.47. The molecule has 260 valence electrons. The van der Waals surface area contributed by atoms with Crippen molar-refractivity contribution in [1.82, 2.24) is 19.9 Å². The summed E-state index contributed by atoms with van der Waals surface area (Å²) in [5.74, 6) is -4.51. The van der Waals surface area contributed by atoms with Crippen LogP contribution < -0.4 is 0 Å². The molecule has 4 aromatic heterocycles. The van der Waals surface area contributed by atoms with E-state index < -0.39 is 23.9 Å². The van der Waals surface area contributed by atoms with E-state index in [4.69, 9.17) is 20.4 Å². The molecule has 0 atom stereocenters. The van der Waals surface area contributed by atoms with Crippen molar-refractivity contribution in [3.8, 4) is 0 Å². The molecule has 6 rings (SSSR count). The number of benzene rings is 2. The number of hydrogen-bond donors (Lipinski definition) is 4. The van der Waals surface area contributed by atoms with Gasteiger partial charge < -0.3 is 20.4 Å². The lowest BCUT2D eigenvalue weighted by atomic mass is 10.1. The maximum atomic E-state index is 10.4. The summed E-state index contributed by atoms with van der Waals surface area (Å²) in [5.41, 5.74) is 4.52. The number of carboxylic acids is 4. The summed E-state index contributed by atoms with van der Waals surface area (Å²) in [6, 6.07) is 26.2. The second-order valence-electron chi connectivity index (χ2n) is 10.2. The molecule has 0 saturated carbocycles. The van der Waals surface area contributed by atoms with E-state index in [-0.39, 0.29) is 22.3 Å². The molecule has 0 spiro atoms. The Kier molecular flexibility index (Phi) is 16.0. The molecule has 0 fully saturated rings. The van der Waals surface area contributed by atoms with Crippen LogP contribution in [0, 0.1) is 0 Å². The fourth-order valence-corrected chi connectivity index (χ4v) is 3.85. The van der Waals surface area contributed by atoms with Crippen LogP contribution in [0.2, 0.25) is 0 Å². The van der Waals surface area contributed by atoms with Gasteiger partial charge in [-0.25, -0.2) is 19.2 Å². The lowest BCUT2D eigenvalue weighted by molar-refractivity contribution is 0.0676. The zero-order valence-electron chi connectivity index (χ0n) is 27.4. The summed E-state index contributed by atoms with van der Waals surface area (Å²) in [4.78, 5) is 57.4. The van der Waals surface area contributed by atoms with E-state index in [9.17, 15) is 19.2 Å². The van der Waals surface area contributed by atoms with E-state index in [1.807, 2.05) is 48.5 Å². The van der Waals surface area contributed by atoms with Crippen molar-refractivity contribution in [2.75, 3.05) is 0 Å². The van der Waals surface area contributed by atoms with Crippen molar-refractivity contribution in [3.05, 3.63) is 191 Å². The minimum Gasteiger partial charge on any atom is -0.478 e. The highest BCUT2D eigenvalue weighted by molar-refractivity contribution is 5.94. The smallest absolute Gasteiger partial charge is 0.335 e. The number of carbonyl (C=O) groups is 4. The molecule has 4 N–H and O–H groups in total. The Bertz CT molecular complexity index is 1800. The Labute approximate surface area is 298 Å². The van der Waals surface area contributed by atoms with E-state index in [1.54, 1.807) is 49.6 Å². The zero-order valence-corrected chi connectivity index (χ0v) is 27.4. The fourth-order valence-electron chi connectivity index (χ4n) is 3.85. The molecule has 0 aliphatic heterocycles. The third kappa shape index (κ3) is 14.7. The topological polar surface area (TPSA) is 201 Å². The van der Waals surface area contributed by atoms with E-state index in [0.717, 1.165) is 34.4 Å². The lowest BCUT2D eigenvalue weighted by Crippen LogP contribution is -2.01. The van der Waals surface area contributed by atoms with Crippen LogP contribution in [0.4, 0.5) is 0 Å². The Balaban J connectivity index is 0.000000188. The molecule has 12 nitrogen and oxygen atoms in total. The maximum absolute atomic E-state index is 10.4. The van der Waals surface area contributed by atoms with Gasteiger partial charge in [0, 0.05) is 49.6 Å². The number of rotatable bonds is 8. The second kappa shape index (κ2) is 21.4. The molecule has 6 aromatic rings. The van der Waals surface area contributed by atoms with Crippen LogP contribution in [0.25, 0.3) is 24.3 Å². The number of carboxylic acid groups (broad SMARTS) is 4. The van der Waals surface area contributed by atoms with Crippen molar-refractivity contribution in [2.45, 2.75) is 0 Å². The number of aromatic nitrogens is 4. The van der Waals surface area contributed by atoms with Gasteiger partial charge in [0.2, 0.25) is 0 Å². The van der Waals surface area contributed by atoms with Crippen molar-refractivity contribution >= 4 is 48.2 Å². The normalized spacial score (nSPS) is 10.0. The van der Waals surface area contributed by atoms with Crippen molar-refractivity contribution in [3.63, 3.8) is 0 Å². The number of pyridine rings is 4. The Morgan fingerprint density at radius 1 is 0.346 bits per heavy atom. The molecule has 12 heteroatoms. The first-order chi connectivity index (χ1) is 25.1. The molecule has 2 aromatic carbocycles. The summed E-state index contributed by atoms with van der Waals surface area (Å²) in [7, 11) is 0. The first-order valence-corrected chi connectivity index (χ1v) is 15.2. The van der Waals surface area contributed by atoms with Crippen LogP contribution in [-0.4, -0.2) is 64.2 Å². The number of aromatic carboxylic acids is 4. The highest BCUT2D eigenvalue weighted by atomic mass is 16.4. The van der Waals surface area contributed by atoms with Crippen LogP contribution in [0.3, 0.4) is 0 Å². The molecule has 0 radical (unpaired) electrons. The van der Waals surface area contributed by atoms with Crippen molar-refractivity contribution in [2.24, 2.45) is 0 Å². The minimum absolute atomic E-state index is 0.0186. The van der Waals surface area contributed by atoms with E-state index >= 15 is 0 Å². The van der Waals surface area contributed by atoms with Gasteiger partial charge >= 0.3 is 23.9 Å². The predicted octanol–water partition coefficient (Wildman–Crippen LogP) is 7.46. The Morgan fingerprint density at radius 2 is 0.538 bits per heavy atom. The summed E-state index contributed by atoms with van der Waals surface area (Å²) in [5, 5.41) is 34.0. The van der Waals surface area contributed by atoms with Crippen LogP contribution in [-0.2, 0) is 0 Å². The molecule has 0 unspecified atom stereocenters. The summed E-state index contributed by atoms with van der Waals surface area (Å²) in [6.45, 7) is 0. The SMILES string of the molecule is C(=C\c1ccncc1)/c1ccncc1.C(=C\c1ccncc1)/c1ccncc1.O=C(O)c1cccc(C(=O)O)c1.O=C(O)c1cccc(C(=O)O)c1. The van der Waals surface area contributed by atoms with E-state index in [0.29, 0.717) is 0 Å². The number of nitrogens with zero attached hydrogens (tertiary/aromatic N) is 4.